The lowest BCUT2D eigenvalue weighted by Gasteiger charge is -2.20. The number of anilines is 3. The Kier molecular flexibility index (Phi) is 6.56. The summed E-state index contributed by atoms with van der Waals surface area (Å²) in [6.45, 7) is 0. The molecule has 3 rings (SSSR count). The molecule has 0 saturated heterocycles. The maximum Gasteiger partial charge on any atom is 0.416 e. The average molecular weight is 468 g/mol. The first-order valence-electron chi connectivity index (χ1n) is 8.90. The van der Waals surface area contributed by atoms with Crippen molar-refractivity contribution in [1.29, 1.82) is 0 Å². The molecule has 0 aliphatic heterocycles. The molecule has 162 valence electrons. The van der Waals surface area contributed by atoms with E-state index in [1.54, 1.807) is 36.5 Å². The monoisotopic (exact) mass is 467 g/mol. The van der Waals surface area contributed by atoms with Crippen LogP contribution in [0.15, 0.2) is 53.9 Å². The van der Waals surface area contributed by atoms with E-state index >= 15 is 0 Å². The first kappa shape index (κ1) is 22.6. The number of nitrogens with one attached hydrogen (secondary N) is 2. The number of alkyl halides is 3. The summed E-state index contributed by atoms with van der Waals surface area (Å²) in [6.07, 6.45) is -4.55. The second-order valence-electron chi connectivity index (χ2n) is 6.70. The Labute approximate surface area is 185 Å². The molecular formula is C21H17ClF3N3O2S. The fourth-order valence-electron chi connectivity index (χ4n) is 2.75. The molecule has 0 aliphatic rings. The molecule has 1 aromatic heterocycles. The molecule has 31 heavy (non-hydrogen) atoms. The van der Waals surface area contributed by atoms with Crippen LogP contribution in [0.4, 0.5) is 30.2 Å². The van der Waals surface area contributed by atoms with E-state index < -0.39 is 17.6 Å². The summed E-state index contributed by atoms with van der Waals surface area (Å²) in [7, 11) is 3.30. The predicted octanol–water partition coefficient (Wildman–Crippen LogP) is 5.99. The molecular weight excluding hydrogens is 451 g/mol. The van der Waals surface area contributed by atoms with Crippen LogP contribution in [-0.2, 0) is 6.18 Å². The fourth-order valence-corrected chi connectivity index (χ4v) is 3.53. The Bertz CT molecular complexity index is 1120. The molecule has 2 amide bonds. The van der Waals surface area contributed by atoms with E-state index in [0.717, 1.165) is 12.1 Å². The lowest BCUT2D eigenvalue weighted by molar-refractivity contribution is -0.137. The van der Waals surface area contributed by atoms with Crippen LogP contribution in [0.3, 0.4) is 0 Å². The third-order valence-corrected chi connectivity index (χ3v) is 5.47. The first-order chi connectivity index (χ1) is 14.6. The number of carbonyl (C=O) groups is 2. The van der Waals surface area contributed by atoms with Crippen molar-refractivity contribution in [3.63, 3.8) is 0 Å². The lowest BCUT2D eigenvalue weighted by Crippen LogP contribution is -2.18. The van der Waals surface area contributed by atoms with Crippen LogP contribution in [0.2, 0.25) is 5.02 Å². The van der Waals surface area contributed by atoms with Gasteiger partial charge in [0, 0.05) is 19.7 Å². The van der Waals surface area contributed by atoms with Crippen LogP contribution in [0.1, 0.15) is 25.6 Å². The Hall–Kier alpha value is -3.04. The molecule has 0 atom stereocenters. The number of nitrogens with zero attached hydrogens (tertiary/aromatic N) is 1. The topological polar surface area (TPSA) is 61.4 Å². The summed E-state index contributed by atoms with van der Waals surface area (Å²) >= 11 is 7.37. The molecule has 1 heterocycles. The van der Waals surface area contributed by atoms with Crippen LogP contribution in [0.5, 0.6) is 0 Å². The van der Waals surface area contributed by atoms with Gasteiger partial charge < -0.3 is 15.5 Å². The van der Waals surface area contributed by atoms with Gasteiger partial charge in [0.05, 0.1) is 32.5 Å². The van der Waals surface area contributed by atoms with Gasteiger partial charge in [-0.2, -0.15) is 13.2 Å². The minimum absolute atomic E-state index is 0.00365. The number of amides is 2. The second kappa shape index (κ2) is 8.99. The Morgan fingerprint density at radius 3 is 2.29 bits per heavy atom. The minimum Gasteiger partial charge on any atom is -0.376 e. The zero-order chi connectivity index (χ0) is 22.8. The summed E-state index contributed by atoms with van der Waals surface area (Å²) in [6, 6.07) is 10.7. The second-order valence-corrected chi connectivity index (χ2v) is 8.06. The lowest BCUT2D eigenvalue weighted by atomic mass is 10.1. The first-order valence-corrected chi connectivity index (χ1v) is 10.2. The molecule has 0 radical (unpaired) electrons. The number of halogens is 4. The van der Waals surface area contributed by atoms with Gasteiger partial charge in [0.25, 0.3) is 11.8 Å². The van der Waals surface area contributed by atoms with Crippen molar-refractivity contribution in [3.8, 4) is 0 Å². The van der Waals surface area contributed by atoms with Gasteiger partial charge in [0.1, 0.15) is 0 Å². The van der Waals surface area contributed by atoms with E-state index in [1.807, 2.05) is 0 Å². The van der Waals surface area contributed by atoms with Gasteiger partial charge in [-0.05, 0) is 47.8 Å². The van der Waals surface area contributed by atoms with Crippen molar-refractivity contribution >= 4 is 51.8 Å². The van der Waals surface area contributed by atoms with Crippen molar-refractivity contribution in [2.75, 3.05) is 29.6 Å². The Morgan fingerprint density at radius 2 is 1.68 bits per heavy atom. The molecule has 0 fully saturated rings. The van der Waals surface area contributed by atoms with Crippen molar-refractivity contribution in [2.24, 2.45) is 0 Å². The molecule has 3 aromatic rings. The van der Waals surface area contributed by atoms with E-state index in [-0.39, 0.29) is 27.9 Å². The standard InChI is InChI=1S/C21H17ClF3N3O2S/c1-28(2)17-8-6-13(21(23,24)25)11-16(17)27-19(29)12-5-7-14(22)15(10-12)26-20(30)18-4-3-9-31-18/h3-11H,1-2H3,(H,26,30)(H,27,29). The SMILES string of the molecule is CN(C)c1ccc(C(F)(F)F)cc1NC(=O)c1ccc(Cl)c(NC(=O)c2cccs2)c1. The Balaban J connectivity index is 1.88. The quantitative estimate of drug-likeness (QED) is 0.484. The molecule has 10 heteroatoms. The number of carbonyl (C=O) groups excluding carboxylic acids is 2. The maximum atomic E-state index is 13.1. The summed E-state index contributed by atoms with van der Waals surface area (Å²) in [5, 5.41) is 7.11. The highest BCUT2D eigenvalue weighted by molar-refractivity contribution is 7.12. The average Bonchev–Trinajstić information content (AvgIpc) is 3.23. The molecule has 0 aliphatic carbocycles. The number of rotatable bonds is 5. The molecule has 0 saturated carbocycles. The van der Waals surface area contributed by atoms with Crippen LogP contribution in [0.25, 0.3) is 0 Å². The molecule has 0 spiro atoms. The summed E-state index contributed by atoms with van der Waals surface area (Å²) in [5.41, 5.74) is -0.142. The van der Waals surface area contributed by atoms with Gasteiger partial charge in [-0.15, -0.1) is 11.3 Å². The van der Waals surface area contributed by atoms with Crippen molar-refractivity contribution in [2.45, 2.75) is 6.18 Å². The van der Waals surface area contributed by atoms with E-state index in [9.17, 15) is 22.8 Å². The smallest absolute Gasteiger partial charge is 0.376 e. The largest absolute Gasteiger partial charge is 0.416 e. The zero-order valence-electron chi connectivity index (χ0n) is 16.4. The van der Waals surface area contributed by atoms with E-state index in [1.165, 1.54) is 35.6 Å². The Morgan fingerprint density at radius 1 is 0.968 bits per heavy atom. The van der Waals surface area contributed by atoms with Crippen LogP contribution >= 0.6 is 22.9 Å². The van der Waals surface area contributed by atoms with Gasteiger partial charge in [-0.25, -0.2) is 0 Å². The summed E-state index contributed by atoms with van der Waals surface area (Å²) in [5.74, 6) is -1.03. The number of benzene rings is 2. The van der Waals surface area contributed by atoms with Crippen LogP contribution < -0.4 is 15.5 Å². The van der Waals surface area contributed by atoms with Crippen molar-refractivity contribution in [3.05, 3.63) is 74.9 Å². The number of hydrogen-bond donors (Lipinski definition) is 2. The number of hydrogen-bond acceptors (Lipinski definition) is 4. The highest BCUT2D eigenvalue weighted by Gasteiger charge is 2.31. The van der Waals surface area contributed by atoms with Crippen LogP contribution in [-0.4, -0.2) is 25.9 Å². The highest BCUT2D eigenvalue weighted by atomic mass is 35.5. The predicted molar refractivity (Wildman–Crippen MR) is 117 cm³/mol. The molecule has 0 bridgehead atoms. The molecule has 2 aromatic carbocycles. The van der Waals surface area contributed by atoms with Crippen molar-refractivity contribution < 1.29 is 22.8 Å². The number of thiophene rings is 1. The van der Waals surface area contributed by atoms with Gasteiger partial charge in [-0.3, -0.25) is 9.59 Å². The van der Waals surface area contributed by atoms with Crippen molar-refractivity contribution in [1.82, 2.24) is 0 Å². The third kappa shape index (κ3) is 5.36. The van der Waals surface area contributed by atoms with E-state index in [4.69, 9.17) is 11.6 Å². The fraction of sp³-hybridized carbons (Fsp3) is 0.143. The van der Waals surface area contributed by atoms with E-state index in [0.29, 0.717) is 10.6 Å². The molecule has 5 nitrogen and oxygen atoms in total. The van der Waals surface area contributed by atoms with Gasteiger partial charge in [0.15, 0.2) is 0 Å². The summed E-state index contributed by atoms with van der Waals surface area (Å²) < 4.78 is 39.3. The normalized spacial score (nSPS) is 11.2. The van der Waals surface area contributed by atoms with Gasteiger partial charge in [0.2, 0.25) is 0 Å². The summed E-state index contributed by atoms with van der Waals surface area (Å²) in [4.78, 5) is 27.1. The minimum atomic E-state index is -4.55. The maximum absolute atomic E-state index is 13.1. The zero-order valence-corrected chi connectivity index (χ0v) is 18.0. The van der Waals surface area contributed by atoms with Crippen LogP contribution in [0, 0.1) is 0 Å². The molecule has 0 unspecified atom stereocenters. The van der Waals surface area contributed by atoms with E-state index in [2.05, 4.69) is 10.6 Å². The highest BCUT2D eigenvalue weighted by Crippen LogP contribution is 2.35. The van der Waals surface area contributed by atoms with Gasteiger partial charge in [-0.1, -0.05) is 17.7 Å². The van der Waals surface area contributed by atoms with Gasteiger partial charge >= 0.3 is 6.18 Å². The molecule has 2 N–H and O–H groups in total. The third-order valence-electron chi connectivity index (χ3n) is 4.28.